The van der Waals surface area contributed by atoms with E-state index in [4.69, 9.17) is 13.9 Å². The lowest BCUT2D eigenvalue weighted by Gasteiger charge is -2.23. The topological polar surface area (TPSA) is 93.7 Å². The number of furan rings is 1. The van der Waals surface area contributed by atoms with Crippen LogP contribution in [-0.2, 0) is 9.59 Å². The van der Waals surface area contributed by atoms with E-state index in [1.54, 1.807) is 30.3 Å². The number of likely N-dealkylation sites (N-methyl/N-ethyl adjacent to an activating group) is 1. The largest absolute Gasteiger partial charge is 0.507 e. The highest BCUT2D eigenvalue weighted by Crippen LogP contribution is 2.40. The summed E-state index contributed by atoms with van der Waals surface area (Å²) in [6, 6.07) is 7.37. The highest BCUT2D eigenvalue weighted by atomic mass is 16.5. The summed E-state index contributed by atoms with van der Waals surface area (Å²) in [5.74, 6) is -0.384. The Bertz CT molecular complexity index is 933. The Hall–Kier alpha value is -3.26. The number of nitrogens with one attached hydrogen (secondary N) is 1. The zero-order valence-electron chi connectivity index (χ0n) is 16.9. The van der Waals surface area contributed by atoms with Gasteiger partial charge in [-0.25, -0.2) is 0 Å². The number of nitrogens with zero attached hydrogens (tertiary/aromatic N) is 1. The van der Waals surface area contributed by atoms with Gasteiger partial charge in [0, 0.05) is 5.56 Å². The van der Waals surface area contributed by atoms with Crippen LogP contribution in [0.4, 0.5) is 0 Å². The Morgan fingerprint density at radius 2 is 1.90 bits per heavy atom. The first-order valence-electron chi connectivity index (χ1n) is 9.22. The molecule has 154 valence electrons. The van der Waals surface area contributed by atoms with E-state index in [-0.39, 0.29) is 11.3 Å². The molecule has 0 saturated carbocycles. The van der Waals surface area contributed by atoms with Crippen molar-refractivity contribution in [1.29, 1.82) is 0 Å². The number of carbonyl (C=O) groups excluding carboxylic acids is 2. The van der Waals surface area contributed by atoms with Gasteiger partial charge in [-0.05, 0) is 30.3 Å². The summed E-state index contributed by atoms with van der Waals surface area (Å²) < 4.78 is 16.0. The molecule has 1 saturated heterocycles. The Labute approximate surface area is 168 Å². The number of carbonyl (C=O) groups is 2. The lowest BCUT2D eigenvalue weighted by atomic mass is 9.99. The molecule has 0 bridgehead atoms. The van der Waals surface area contributed by atoms with E-state index in [0.717, 1.165) is 4.90 Å². The minimum Gasteiger partial charge on any atom is -0.507 e. The quantitative estimate of drug-likeness (QED) is 0.406. The van der Waals surface area contributed by atoms with Gasteiger partial charge in [0.2, 0.25) is 0 Å². The number of amides is 1. The molecule has 0 unspecified atom stereocenters. The van der Waals surface area contributed by atoms with Crippen LogP contribution in [-0.4, -0.2) is 63.1 Å². The standard InChI is InChI=1S/C21H24N2O6/c1-22(2)9-10-23-18(15-6-5-11-29-15)17(20(25)21(23)26)19(24)13-7-8-14(27-3)16(12-13)28-4/h5-8,11-12,18,24H,9-10H2,1-4H3/p+1/t18-/m0/s1. The number of Topliss-reactive ketones (excluding diaryl/α,β-unsaturated/α-hetero) is 1. The molecule has 29 heavy (non-hydrogen) atoms. The lowest BCUT2D eigenvalue weighted by molar-refractivity contribution is -0.857. The van der Waals surface area contributed by atoms with Crippen molar-refractivity contribution >= 4 is 17.4 Å². The van der Waals surface area contributed by atoms with E-state index in [2.05, 4.69) is 0 Å². The zero-order chi connectivity index (χ0) is 21.1. The third-order valence-electron chi connectivity index (χ3n) is 4.86. The predicted molar refractivity (Wildman–Crippen MR) is 105 cm³/mol. The number of hydrogen-bond donors (Lipinski definition) is 2. The summed E-state index contributed by atoms with van der Waals surface area (Å²) in [4.78, 5) is 28.1. The highest BCUT2D eigenvalue weighted by Gasteiger charge is 2.47. The molecule has 1 atom stereocenters. The molecule has 1 aromatic heterocycles. The van der Waals surface area contributed by atoms with Crippen molar-refractivity contribution in [3.63, 3.8) is 0 Å². The molecule has 8 heteroatoms. The average molecular weight is 401 g/mol. The zero-order valence-corrected chi connectivity index (χ0v) is 16.9. The monoisotopic (exact) mass is 401 g/mol. The molecule has 0 radical (unpaired) electrons. The summed E-state index contributed by atoms with van der Waals surface area (Å²) in [5, 5.41) is 11.0. The molecule has 3 rings (SSSR count). The van der Waals surface area contributed by atoms with Gasteiger partial charge in [0.15, 0.2) is 11.5 Å². The molecule has 0 aliphatic carbocycles. The molecular weight excluding hydrogens is 376 g/mol. The third kappa shape index (κ3) is 3.84. The van der Waals surface area contributed by atoms with Gasteiger partial charge in [0.05, 0.1) is 53.2 Å². The number of hydrogen-bond acceptors (Lipinski definition) is 6. The maximum Gasteiger partial charge on any atom is 0.295 e. The van der Waals surface area contributed by atoms with Gasteiger partial charge in [0.25, 0.3) is 11.7 Å². The second kappa shape index (κ2) is 8.40. The van der Waals surface area contributed by atoms with Crippen LogP contribution in [0.2, 0.25) is 0 Å². The summed E-state index contributed by atoms with van der Waals surface area (Å²) in [7, 11) is 6.91. The SMILES string of the molecule is COc1ccc(C(O)=C2C(=O)C(=O)N(CC[NH+](C)C)[C@H]2c2ccco2)cc1OC. The van der Waals surface area contributed by atoms with Crippen LogP contribution >= 0.6 is 0 Å². The number of benzene rings is 1. The van der Waals surface area contributed by atoms with Crippen LogP contribution < -0.4 is 14.4 Å². The van der Waals surface area contributed by atoms with Crippen molar-refractivity contribution in [2.45, 2.75) is 6.04 Å². The van der Waals surface area contributed by atoms with Gasteiger partial charge >= 0.3 is 0 Å². The number of ether oxygens (including phenoxy) is 2. The summed E-state index contributed by atoms with van der Waals surface area (Å²) in [6.45, 7) is 0.988. The Morgan fingerprint density at radius 3 is 2.48 bits per heavy atom. The van der Waals surface area contributed by atoms with E-state index < -0.39 is 17.7 Å². The number of quaternary nitrogens is 1. The van der Waals surface area contributed by atoms with Crippen molar-refractivity contribution in [3.8, 4) is 11.5 Å². The van der Waals surface area contributed by atoms with Gasteiger partial charge in [0.1, 0.15) is 17.6 Å². The molecule has 1 amide bonds. The highest BCUT2D eigenvalue weighted by molar-refractivity contribution is 6.46. The maximum absolute atomic E-state index is 12.8. The maximum atomic E-state index is 12.8. The Balaban J connectivity index is 2.11. The molecule has 1 aromatic carbocycles. The average Bonchev–Trinajstić information content (AvgIpc) is 3.32. The minimum absolute atomic E-state index is 0.00840. The number of methoxy groups -OCH3 is 2. The first-order chi connectivity index (χ1) is 13.9. The van der Waals surface area contributed by atoms with Crippen LogP contribution in [0.25, 0.3) is 5.76 Å². The van der Waals surface area contributed by atoms with E-state index in [1.807, 2.05) is 14.1 Å². The fraction of sp³-hybridized carbons (Fsp3) is 0.333. The third-order valence-corrected chi connectivity index (χ3v) is 4.86. The molecular formula is C21H25N2O6+. The fourth-order valence-electron chi connectivity index (χ4n) is 3.34. The van der Waals surface area contributed by atoms with Gasteiger partial charge in [-0.1, -0.05) is 0 Å². The van der Waals surface area contributed by atoms with E-state index in [1.165, 1.54) is 25.4 Å². The smallest absolute Gasteiger partial charge is 0.295 e. The van der Waals surface area contributed by atoms with Gasteiger partial charge < -0.3 is 28.8 Å². The minimum atomic E-state index is -0.794. The van der Waals surface area contributed by atoms with E-state index in [9.17, 15) is 14.7 Å². The second-order valence-electron chi connectivity index (χ2n) is 7.03. The van der Waals surface area contributed by atoms with Crippen LogP contribution in [0.3, 0.4) is 0 Å². The van der Waals surface area contributed by atoms with Gasteiger partial charge in [-0.15, -0.1) is 0 Å². The van der Waals surface area contributed by atoms with Crippen molar-refractivity contribution in [1.82, 2.24) is 4.90 Å². The first kappa shape index (κ1) is 20.5. The molecule has 8 nitrogen and oxygen atoms in total. The number of aliphatic hydroxyl groups excluding tert-OH is 1. The van der Waals surface area contributed by atoms with Crippen molar-refractivity contribution in [2.75, 3.05) is 41.4 Å². The molecule has 2 N–H and O–H groups in total. The van der Waals surface area contributed by atoms with Gasteiger partial charge in [-0.2, -0.15) is 0 Å². The second-order valence-corrected chi connectivity index (χ2v) is 7.03. The Morgan fingerprint density at radius 1 is 1.17 bits per heavy atom. The van der Waals surface area contributed by atoms with Gasteiger partial charge in [-0.3, -0.25) is 9.59 Å². The van der Waals surface area contributed by atoms with Crippen LogP contribution in [0.5, 0.6) is 11.5 Å². The molecule has 2 heterocycles. The van der Waals surface area contributed by atoms with Crippen LogP contribution in [0.1, 0.15) is 17.4 Å². The van der Waals surface area contributed by atoms with Crippen LogP contribution in [0, 0.1) is 0 Å². The summed E-state index contributed by atoms with van der Waals surface area (Å²) >= 11 is 0. The predicted octanol–water partition coefficient (Wildman–Crippen LogP) is 0.863. The number of ketones is 1. The Kier molecular flexibility index (Phi) is 5.93. The first-order valence-corrected chi connectivity index (χ1v) is 9.22. The fourth-order valence-corrected chi connectivity index (χ4v) is 3.34. The molecule has 0 spiro atoms. The summed E-state index contributed by atoms with van der Waals surface area (Å²) in [5.41, 5.74) is 0.335. The van der Waals surface area contributed by atoms with Crippen molar-refractivity contribution in [2.24, 2.45) is 0 Å². The normalized spacial score (nSPS) is 18.5. The molecule has 1 aliphatic rings. The number of aliphatic hydroxyl groups is 1. The summed E-state index contributed by atoms with van der Waals surface area (Å²) in [6.07, 6.45) is 1.48. The van der Waals surface area contributed by atoms with E-state index in [0.29, 0.717) is 35.9 Å². The molecule has 2 aromatic rings. The number of likely N-dealkylation sites (tertiary alicyclic amines) is 1. The van der Waals surface area contributed by atoms with Crippen molar-refractivity contribution in [3.05, 3.63) is 53.5 Å². The van der Waals surface area contributed by atoms with E-state index >= 15 is 0 Å². The number of rotatable bonds is 7. The van der Waals surface area contributed by atoms with Crippen LogP contribution in [0.15, 0.2) is 46.6 Å². The lowest BCUT2D eigenvalue weighted by Crippen LogP contribution is -3.06. The molecule has 1 aliphatic heterocycles. The van der Waals surface area contributed by atoms with Crippen molar-refractivity contribution < 1.29 is 33.5 Å². The molecule has 1 fully saturated rings.